The Hall–Kier alpha value is -0.220. The number of ether oxygens (including phenoxy) is 1. The number of carbonyl (C=O) groups is 1. The molecule has 1 heterocycles. The van der Waals surface area contributed by atoms with Crippen LogP contribution in [0.2, 0.25) is 0 Å². The van der Waals surface area contributed by atoms with Crippen LogP contribution in [-0.2, 0) is 9.53 Å². The van der Waals surface area contributed by atoms with Gasteiger partial charge in [0.05, 0.1) is 6.42 Å². The van der Waals surface area contributed by atoms with E-state index in [1.54, 1.807) is 11.8 Å². The van der Waals surface area contributed by atoms with Gasteiger partial charge in [-0.1, -0.05) is 0 Å². The maximum absolute atomic E-state index is 10.6. The van der Waals surface area contributed by atoms with Crippen molar-refractivity contribution in [2.24, 2.45) is 5.92 Å². The van der Waals surface area contributed by atoms with Gasteiger partial charge in [0.25, 0.3) is 0 Å². The van der Waals surface area contributed by atoms with Crippen molar-refractivity contribution in [3.8, 4) is 0 Å². The summed E-state index contributed by atoms with van der Waals surface area (Å²) in [5.74, 6) is 0.592. The van der Waals surface area contributed by atoms with Crippen LogP contribution in [0.4, 0.5) is 0 Å². The van der Waals surface area contributed by atoms with E-state index in [-0.39, 0.29) is 17.8 Å². The number of aliphatic carboxylic acids is 1. The van der Waals surface area contributed by atoms with Gasteiger partial charge in [-0.05, 0) is 25.5 Å². The average Bonchev–Trinajstić information content (AvgIpc) is 2.08. The molecule has 2 unspecified atom stereocenters. The van der Waals surface area contributed by atoms with Gasteiger partial charge in [0.2, 0.25) is 0 Å². The first-order valence-electron chi connectivity index (χ1n) is 4.69. The molecule has 1 rings (SSSR count). The zero-order valence-corrected chi connectivity index (χ0v) is 8.68. The van der Waals surface area contributed by atoms with Crippen LogP contribution < -0.4 is 0 Å². The van der Waals surface area contributed by atoms with Crippen molar-refractivity contribution in [3.63, 3.8) is 0 Å². The molecule has 0 aromatic rings. The number of hydrogen-bond acceptors (Lipinski definition) is 3. The van der Waals surface area contributed by atoms with Crippen molar-refractivity contribution in [2.75, 3.05) is 12.4 Å². The second-order valence-electron chi connectivity index (χ2n) is 3.19. The summed E-state index contributed by atoms with van der Waals surface area (Å²) in [7, 11) is 0. The van der Waals surface area contributed by atoms with E-state index in [0.29, 0.717) is 6.61 Å². The molecule has 0 spiro atoms. The van der Waals surface area contributed by atoms with Gasteiger partial charge >= 0.3 is 5.97 Å². The van der Waals surface area contributed by atoms with Crippen molar-refractivity contribution in [1.82, 2.24) is 0 Å². The molecule has 13 heavy (non-hydrogen) atoms. The third-order valence-corrected chi connectivity index (χ3v) is 3.53. The third kappa shape index (κ3) is 3.56. The topological polar surface area (TPSA) is 46.5 Å². The second kappa shape index (κ2) is 5.50. The Balaban J connectivity index is 2.41. The summed E-state index contributed by atoms with van der Waals surface area (Å²) in [4.78, 5) is 10.6. The lowest BCUT2D eigenvalue weighted by molar-refractivity contribution is -0.139. The summed E-state index contributed by atoms with van der Waals surface area (Å²) in [6, 6.07) is 0. The van der Waals surface area contributed by atoms with Crippen molar-refractivity contribution in [3.05, 3.63) is 0 Å². The summed E-state index contributed by atoms with van der Waals surface area (Å²) in [5, 5.41) is 8.69. The molecule has 1 aliphatic rings. The molecule has 76 valence electrons. The Bertz CT molecular complexity index is 170. The zero-order valence-electron chi connectivity index (χ0n) is 7.86. The minimum absolute atomic E-state index is 0.106. The van der Waals surface area contributed by atoms with E-state index < -0.39 is 5.97 Å². The molecule has 1 saturated heterocycles. The third-order valence-electron chi connectivity index (χ3n) is 2.15. The predicted octanol–water partition coefficient (Wildman–Crippen LogP) is 1.97. The fourth-order valence-electron chi connectivity index (χ4n) is 1.59. The molecule has 2 atom stereocenters. The summed E-state index contributed by atoms with van der Waals surface area (Å²) in [6.45, 7) is 2.63. The highest BCUT2D eigenvalue weighted by Crippen LogP contribution is 2.33. The lowest BCUT2D eigenvalue weighted by atomic mass is 10.0. The number of hydrogen-bond donors (Lipinski definition) is 1. The second-order valence-corrected chi connectivity index (χ2v) is 4.40. The van der Waals surface area contributed by atoms with Crippen molar-refractivity contribution in [1.29, 1.82) is 0 Å². The molecular formula is C9H16O3S. The monoisotopic (exact) mass is 204 g/mol. The molecule has 4 heteroatoms. The highest BCUT2D eigenvalue weighted by Gasteiger charge is 2.27. The Morgan fingerprint density at radius 2 is 2.46 bits per heavy atom. The lowest BCUT2D eigenvalue weighted by Gasteiger charge is -2.29. The zero-order chi connectivity index (χ0) is 9.68. The quantitative estimate of drug-likeness (QED) is 0.760. The standard InChI is InChI=1S/C9H16O3S/c1-2-12-9-7(6-8(10)11)4-3-5-13-9/h7,9H,2-6H2,1H3,(H,10,11). The minimum atomic E-state index is -0.711. The molecule has 3 nitrogen and oxygen atoms in total. The molecule has 0 amide bonds. The van der Waals surface area contributed by atoms with Crippen molar-refractivity contribution < 1.29 is 14.6 Å². The normalized spacial score (nSPS) is 28.7. The van der Waals surface area contributed by atoms with Crippen LogP contribution in [0, 0.1) is 5.92 Å². The first kappa shape index (κ1) is 10.9. The van der Waals surface area contributed by atoms with E-state index in [9.17, 15) is 4.79 Å². The Morgan fingerprint density at radius 3 is 3.08 bits per heavy atom. The number of thioether (sulfide) groups is 1. The Morgan fingerprint density at radius 1 is 1.69 bits per heavy atom. The van der Waals surface area contributed by atoms with Gasteiger partial charge in [-0.2, -0.15) is 0 Å². The van der Waals surface area contributed by atoms with Crippen LogP contribution >= 0.6 is 11.8 Å². The molecule has 1 N–H and O–H groups in total. The first-order valence-corrected chi connectivity index (χ1v) is 5.74. The van der Waals surface area contributed by atoms with E-state index in [1.807, 2.05) is 6.92 Å². The smallest absolute Gasteiger partial charge is 0.303 e. The molecule has 0 radical (unpaired) electrons. The molecular weight excluding hydrogens is 188 g/mol. The van der Waals surface area contributed by atoms with Gasteiger partial charge in [-0.3, -0.25) is 4.79 Å². The van der Waals surface area contributed by atoms with E-state index in [1.165, 1.54) is 0 Å². The van der Waals surface area contributed by atoms with Gasteiger partial charge in [0.1, 0.15) is 5.44 Å². The van der Waals surface area contributed by atoms with Crippen LogP contribution in [0.1, 0.15) is 26.2 Å². The van der Waals surface area contributed by atoms with Gasteiger partial charge in [-0.25, -0.2) is 0 Å². The number of carboxylic acid groups (broad SMARTS) is 1. The van der Waals surface area contributed by atoms with E-state index in [2.05, 4.69) is 0 Å². The number of rotatable bonds is 4. The van der Waals surface area contributed by atoms with E-state index in [0.717, 1.165) is 18.6 Å². The van der Waals surface area contributed by atoms with Crippen LogP contribution in [0.25, 0.3) is 0 Å². The van der Waals surface area contributed by atoms with Crippen molar-refractivity contribution in [2.45, 2.75) is 31.6 Å². The van der Waals surface area contributed by atoms with Gasteiger partial charge < -0.3 is 9.84 Å². The molecule has 0 bridgehead atoms. The molecule has 1 fully saturated rings. The summed E-state index contributed by atoms with van der Waals surface area (Å²) < 4.78 is 5.50. The average molecular weight is 204 g/mol. The molecule has 0 aromatic carbocycles. The first-order chi connectivity index (χ1) is 6.24. The van der Waals surface area contributed by atoms with Crippen LogP contribution in [0.3, 0.4) is 0 Å². The lowest BCUT2D eigenvalue weighted by Crippen LogP contribution is -2.27. The maximum Gasteiger partial charge on any atom is 0.303 e. The molecule has 0 aliphatic carbocycles. The predicted molar refractivity (Wildman–Crippen MR) is 52.8 cm³/mol. The van der Waals surface area contributed by atoms with Crippen LogP contribution in [0.5, 0.6) is 0 Å². The van der Waals surface area contributed by atoms with Gasteiger partial charge in [0.15, 0.2) is 0 Å². The Kier molecular flexibility index (Phi) is 4.59. The maximum atomic E-state index is 10.6. The fourth-order valence-corrected chi connectivity index (χ4v) is 2.89. The summed E-state index contributed by atoms with van der Waals surface area (Å²) in [5.41, 5.74) is 0.106. The van der Waals surface area contributed by atoms with Gasteiger partial charge in [-0.15, -0.1) is 11.8 Å². The largest absolute Gasteiger partial charge is 0.481 e. The van der Waals surface area contributed by atoms with Crippen LogP contribution in [0.15, 0.2) is 0 Å². The highest BCUT2D eigenvalue weighted by atomic mass is 32.2. The summed E-state index contributed by atoms with van der Waals surface area (Å²) in [6.07, 6.45) is 2.35. The SMILES string of the molecule is CCOC1SCCCC1CC(=O)O. The molecule has 0 saturated carbocycles. The Labute approximate surface area is 82.8 Å². The molecule has 0 aromatic heterocycles. The fraction of sp³-hybridized carbons (Fsp3) is 0.889. The summed E-state index contributed by atoms with van der Waals surface area (Å²) >= 11 is 1.75. The molecule has 1 aliphatic heterocycles. The van der Waals surface area contributed by atoms with Crippen LogP contribution in [-0.4, -0.2) is 28.9 Å². The van der Waals surface area contributed by atoms with Crippen molar-refractivity contribution >= 4 is 17.7 Å². The van der Waals surface area contributed by atoms with Gasteiger partial charge in [0, 0.05) is 12.5 Å². The van der Waals surface area contributed by atoms with E-state index >= 15 is 0 Å². The minimum Gasteiger partial charge on any atom is -0.481 e. The highest BCUT2D eigenvalue weighted by molar-refractivity contribution is 7.99. The van der Waals surface area contributed by atoms with E-state index in [4.69, 9.17) is 9.84 Å². The number of carboxylic acids is 1.